The maximum atomic E-state index is 13.8. The number of carbonyl (C=O) groups excluding carboxylic acids is 3. The van der Waals surface area contributed by atoms with Crippen molar-refractivity contribution in [3.8, 4) is 0 Å². The molecule has 39 heavy (non-hydrogen) atoms. The van der Waals surface area contributed by atoms with Gasteiger partial charge in [-0.25, -0.2) is 9.59 Å². The summed E-state index contributed by atoms with van der Waals surface area (Å²) in [5.74, 6) is -0.860. The number of allylic oxidation sites excluding steroid dienone is 1. The molecular weight excluding hydrogens is 490 g/mol. The number of methoxy groups -OCH3 is 1. The number of rotatable bonds is 7. The standard InChI is InChI=1S/C32H37N3O4/c1-5-12-23-17-21(2)28(22(3)18-23)34-31(38)33-27-20-25-14-9-8-13-24(25)19-26(27)29(36)35-32(30(37)39-4)15-10-6-7-11-16-32/h5,8-9,13-14,17-20H,1,6-7,10-12,15-16H2,2-4H3,(H,35,36)(H2,33,34,38). The molecule has 1 aliphatic carbocycles. The molecular formula is C32H37N3O4. The average Bonchev–Trinajstić information content (AvgIpc) is 3.16. The van der Waals surface area contributed by atoms with Crippen LogP contribution in [-0.4, -0.2) is 30.6 Å². The molecule has 0 aromatic heterocycles. The zero-order valence-corrected chi connectivity index (χ0v) is 23.0. The highest BCUT2D eigenvalue weighted by Crippen LogP contribution is 2.31. The lowest BCUT2D eigenvalue weighted by Crippen LogP contribution is -2.54. The summed E-state index contributed by atoms with van der Waals surface area (Å²) >= 11 is 0. The maximum Gasteiger partial charge on any atom is 0.331 e. The number of hydrogen-bond acceptors (Lipinski definition) is 4. The summed E-state index contributed by atoms with van der Waals surface area (Å²) in [6, 6.07) is 14.8. The summed E-state index contributed by atoms with van der Waals surface area (Å²) < 4.78 is 5.12. The van der Waals surface area contributed by atoms with Gasteiger partial charge in [-0.05, 0) is 72.7 Å². The van der Waals surface area contributed by atoms with Crippen molar-refractivity contribution >= 4 is 40.1 Å². The first-order valence-electron chi connectivity index (χ1n) is 13.5. The summed E-state index contributed by atoms with van der Waals surface area (Å²) in [6.45, 7) is 7.69. The Labute approximate surface area is 230 Å². The molecule has 3 aromatic rings. The van der Waals surface area contributed by atoms with E-state index in [0.717, 1.165) is 65.3 Å². The van der Waals surface area contributed by atoms with Crippen LogP contribution in [0.2, 0.25) is 0 Å². The second-order valence-corrected chi connectivity index (χ2v) is 10.4. The Hall–Kier alpha value is -4.13. The Balaban J connectivity index is 1.65. The number of carbonyl (C=O) groups is 3. The molecule has 1 saturated carbocycles. The first-order chi connectivity index (χ1) is 18.8. The normalized spacial score (nSPS) is 14.6. The third-order valence-corrected chi connectivity index (χ3v) is 7.48. The molecule has 4 rings (SSSR count). The zero-order valence-electron chi connectivity index (χ0n) is 23.0. The first kappa shape index (κ1) is 27.9. The Morgan fingerprint density at radius 3 is 2.13 bits per heavy atom. The number of benzene rings is 3. The molecule has 0 heterocycles. The lowest BCUT2D eigenvalue weighted by Gasteiger charge is -2.31. The van der Waals surface area contributed by atoms with Gasteiger partial charge in [-0.15, -0.1) is 6.58 Å². The molecule has 0 radical (unpaired) electrons. The van der Waals surface area contributed by atoms with E-state index in [4.69, 9.17) is 4.74 Å². The molecule has 0 atom stereocenters. The molecule has 0 spiro atoms. The van der Waals surface area contributed by atoms with Gasteiger partial charge in [0.15, 0.2) is 0 Å². The monoisotopic (exact) mass is 527 g/mol. The highest BCUT2D eigenvalue weighted by atomic mass is 16.5. The Bertz CT molecular complexity index is 1380. The maximum absolute atomic E-state index is 13.8. The summed E-state index contributed by atoms with van der Waals surface area (Å²) in [6.07, 6.45) is 7.29. The molecule has 1 aliphatic rings. The van der Waals surface area contributed by atoms with Crippen molar-refractivity contribution in [2.75, 3.05) is 17.7 Å². The van der Waals surface area contributed by atoms with Gasteiger partial charge in [0.25, 0.3) is 5.91 Å². The second-order valence-electron chi connectivity index (χ2n) is 10.4. The van der Waals surface area contributed by atoms with E-state index in [-0.39, 0.29) is 5.56 Å². The number of fused-ring (bicyclic) bond motifs is 1. The Kier molecular flexibility index (Phi) is 8.69. The number of esters is 1. The smallest absolute Gasteiger partial charge is 0.331 e. The number of aryl methyl sites for hydroxylation is 2. The zero-order chi connectivity index (χ0) is 28.0. The van der Waals surface area contributed by atoms with Gasteiger partial charge in [0.05, 0.1) is 18.4 Å². The summed E-state index contributed by atoms with van der Waals surface area (Å²) in [7, 11) is 1.35. The molecule has 0 aliphatic heterocycles. The largest absolute Gasteiger partial charge is 0.467 e. The van der Waals surface area contributed by atoms with E-state index in [0.29, 0.717) is 18.5 Å². The first-order valence-corrected chi connectivity index (χ1v) is 13.5. The van der Waals surface area contributed by atoms with Gasteiger partial charge >= 0.3 is 12.0 Å². The van der Waals surface area contributed by atoms with Crippen LogP contribution in [0.1, 0.15) is 65.6 Å². The fourth-order valence-corrected chi connectivity index (χ4v) is 5.53. The Morgan fingerprint density at radius 1 is 0.923 bits per heavy atom. The van der Waals surface area contributed by atoms with Crippen LogP contribution >= 0.6 is 0 Å². The van der Waals surface area contributed by atoms with Gasteiger partial charge < -0.3 is 20.7 Å². The van der Waals surface area contributed by atoms with Gasteiger partial charge in [-0.2, -0.15) is 0 Å². The third kappa shape index (κ3) is 6.30. The second kappa shape index (κ2) is 12.2. The van der Waals surface area contributed by atoms with Crippen molar-refractivity contribution in [1.29, 1.82) is 0 Å². The highest BCUT2D eigenvalue weighted by Gasteiger charge is 2.41. The van der Waals surface area contributed by atoms with E-state index in [1.807, 2.05) is 56.3 Å². The van der Waals surface area contributed by atoms with Gasteiger partial charge in [-0.3, -0.25) is 4.79 Å². The van der Waals surface area contributed by atoms with Crippen LogP contribution in [0.15, 0.2) is 61.2 Å². The molecule has 0 bridgehead atoms. The van der Waals surface area contributed by atoms with E-state index in [2.05, 4.69) is 22.5 Å². The average molecular weight is 528 g/mol. The van der Waals surface area contributed by atoms with Gasteiger partial charge in [0.2, 0.25) is 0 Å². The minimum Gasteiger partial charge on any atom is -0.467 e. The number of urea groups is 1. The predicted molar refractivity (Wildman–Crippen MR) is 156 cm³/mol. The van der Waals surface area contributed by atoms with Crippen LogP contribution < -0.4 is 16.0 Å². The lowest BCUT2D eigenvalue weighted by atomic mass is 9.89. The molecule has 3 N–H and O–H groups in total. The predicted octanol–water partition coefficient (Wildman–Crippen LogP) is 6.82. The minimum atomic E-state index is -1.09. The number of hydrogen-bond donors (Lipinski definition) is 3. The molecule has 7 nitrogen and oxygen atoms in total. The van der Waals surface area contributed by atoms with Crippen LogP contribution in [0.5, 0.6) is 0 Å². The molecule has 0 saturated heterocycles. The molecule has 7 heteroatoms. The fraction of sp³-hybridized carbons (Fsp3) is 0.344. The number of ether oxygens (including phenoxy) is 1. The van der Waals surface area contributed by atoms with E-state index in [1.54, 1.807) is 12.1 Å². The van der Waals surface area contributed by atoms with Crippen LogP contribution in [0.3, 0.4) is 0 Å². The van der Waals surface area contributed by atoms with Gasteiger partial charge in [-0.1, -0.05) is 68.2 Å². The van der Waals surface area contributed by atoms with E-state index < -0.39 is 23.4 Å². The van der Waals surface area contributed by atoms with Crippen molar-refractivity contribution < 1.29 is 19.1 Å². The summed E-state index contributed by atoms with van der Waals surface area (Å²) in [4.78, 5) is 39.9. The van der Waals surface area contributed by atoms with Crippen molar-refractivity contribution in [1.82, 2.24) is 5.32 Å². The lowest BCUT2D eigenvalue weighted by molar-refractivity contribution is -0.148. The highest BCUT2D eigenvalue weighted by molar-refractivity contribution is 6.10. The van der Waals surface area contributed by atoms with Crippen LogP contribution in [0.25, 0.3) is 10.8 Å². The van der Waals surface area contributed by atoms with Crippen molar-refractivity contribution in [3.05, 3.63) is 83.4 Å². The van der Waals surface area contributed by atoms with Gasteiger partial charge in [0, 0.05) is 5.69 Å². The third-order valence-electron chi connectivity index (χ3n) is 7.48. The fourth-order valence-electron chi connectivity index (χ4n) is 5.53. The van der Waals surface area contributed by atoms with E-state index in [9.17, 15) is 14.4 Å². The molecule has 204 valence electrons. The minimum absolute atomic E-state index is 0.283. The van der Waals surface area contributed by atoms with Crippen molar-refractivity contribution in [3.63, 3.8) is 0 Å². The topological polar surface area (TPSA) is 96.5 Å². The SMILES string of the molecule is C=CCc1cc(C)c(NC(=O)Nc2cc3ccccc3cc2C(=O)NC2(C(=O)OC)CCCCCC2)c(C)c1. The molecule has 3 aromatic carbocycles. The van der Waals surface area contributed by atoms with Crippen LogP contribution in [0.4, 0.5) is 16.2 Å². The molecule has 3 amide bonds. The van der Waals surface area contributed by atoms with Crippen LogP contribution in [0, 0.1) is 13.8 Å². The van der Waals surface area contributed by atoms with Crippen LogP contribution in [-0.2, 0) is 16.0 Å². The van der Waals surface area contributed by atoms with Crippen molar-refractivity contribution in [2.45, 2.75) is 64.3 Å². The number of anilines is 2. The van der Waals surface area contributed by atoms with Crippen molar-refractivity contribution in [2.24, 2.45) is 0 Å². The number of nitrogens with one attached hydrogen (secondary N) is 3. The Morgan fingerprint density at radius 2 is 1.54 bits per heavy atom. The van der Waals surface area contributed by atoms with E-state index >= 15 is 0 Å². The summed E-state index contributed by atoms with van der Waals surface area (Å²) in [5.41, 5.74) is 3.27. The van der Waals surface area contributed by atoms with Gasteiger partial charge in [0.1, 0.15) is 5.54 Å². The van der Waals surface area contributed by atoms with E-state index in [1.165, 1.54) is 7.11 Å². The number of amides is 3. The quantitative estimate of drug-likeness (QED) is 0.178. The molecule has 1 fully saturated rings. The summed E-state index contributed by atoms with van der Waals surface area (Å²) in [5, 5.41) is 10.6. The molecule has 0 unspecified atom stereocenters.